The first-order valence-corrected chi connectivity index (χ1v) is 7.36. The van der Waals surface area contributed by atoms with Crippen LogP contribution in [0.4, 0.5) is 4.79 Å². The summed E-state index contributed by atoms with van der Waals surface area (Å²) in [4.78, 5) is 11.5. The van der Waals surface area contributed by atoms with Crippen LogP contribution in [0.15, 0.2) is 24.3 Å². The number of ether oxygens (including phenoxy) is 1. The summed E-state index contributed by atoms with van der Waals surface area (Å²) in [5.41, 5.74) is 0.784. The minimum absolute atomic E-state index is 0.203. The van der Waals surface area contributed by atoms with Gasteiger partial charge in [-0.25, -0.2) is 4.79 Å². The summed E-state index contributed by atoms with van der Waals surface area (Å²) in [5.74, 6) is 1.65. The molecule has 0 unspecified atom stereocenters. The van der Waals surface area contributed by atoms with E-state index in [2.05, 4.69) is 26.2 Å². The van der Waals surface area contributed by atoms with Crippen LogP contribution in [0.5, 0.6) is 5.75 Å². The van der Waals surface area contributed by atoms with Crippen molar-refractivity contribution in [2.75, 3.05) is 19.0 Å². The van der Waals surface area contributed by atoms with E-state index in [-0.39, 0.29) is 12.6 Å². The van der Waals surface area contributed by atoms with Crippen LogP contribution in [-0.4, -0.2) is 45.3 Å². The number of carbonyl (C=O) groups is 1. The van der Waals surface area contributed by atoms with Gasteiger partial charge in [0, 0.05) is 12.4 Å². The molecule has 0 spiro atoms. The van der Waals surface area contributed by atoms with E-state index in [9.17, 15) is 4.79 Å². The lowest BCUT2D eigenvalue weighted by atomic mass is 10.3. The van der Waals surface area contributed by atoms with Gasteiger partial charge in [0.05, 0.1) is 18.8 Å². The van der Waals surface area contributed by atoms with Crippen molar-refractivity contribution in [3.8, 4) is 11.4 Å². The molecule has 2 rings (SSSR count). The first-order chi connectivity index (χ1) is 10.7. The molecule has 2 aromatic rings. The largest absolute Gasteiger partial charge is 0.494 e. The van der Waals surface area contributed by atoms with Gasteiger partial charge in [-0.3, -0.25) is 0 Å². The van der Waals surface area contributed by atoms with Crippen molar-refractivity contribution < 1.29 is 9.53 Å². The number of hydrogen-bond acceptors (Lipinski definition) is 5. The lowest BCUT2D eigenvalue weighted by molar-refractivity contribution is 0.240. The Balaban J connectivity index is 2.01. The molecule has 0 aliphatic carbocycles. The van der Waals surface area contributed by atoms with Gasteiger partial charge in [-0.2, -0.15) is 4.68 Å². The summed E-state index contributed by atoms with van der Waals surface area (Å²) in [6.07, 6.45) is 0. The first-order valence-electron chi connectivity index (χ1n) is 6.82. The Kier molecular flexibility index (Phi) is 5.96. The van der Waals surface area contributed by atoms with Gasteiger partial charge in [0.25, 0.3) is 0 Å². The molecule has 1 aromatic heterocycles. The third kappa shape index (κ3) is 4.32. The summed E-state index contributed by atoms with van der Waals surface area (Å²) in [7, 11) is 0. The Hall–Kier alpha value is -2.35. The van der Waals surface area contributed by atoms with E-state index in [1.165, 1.54) is 0 Å². The van der Waals surface area contributed by atoms with E-state index in [4.69, 9.17) is 16.3 Å². The fourth-order valence-electron chi connectivity index (χ4n) is 1.75. The molecule has 9 heteroatoms. The Morgan fingerprint density at radius 1 is 1.32 bits per heavy atom. The molecule has 0 aliphatic heterocycles. The fraction of sp³-hybridized carbons (Fsp3) is 0.385. The average molecular weight is 325 g/mol. The molecule has 2 N–H and O–H groups in total. The molecule has 22 heavy (non-hydrogen) atoms. The molecule has 0 fully saturated rings. The first kappa shape index (κ1) is 16.0. The average Bonchev–Trinajstić information content (AvgIpc) is 3.00. The highest BCUT2D eigenvalue weighted by Crippen LogP contribution is 2.15. The number of alkyl halides is 1. The Morgan fingerprint density at radius 2 is 2.09 bits per heavy atom. The van der Waals surface area contributed by atoms with Gasteiger partial charge < -0.3 is 15.4 Å². The maximum atomic E-state index is 11.5. The number of carbonyl (C=O) groups excluding carboxylic acids is 1. The maximum Gasteiger partial charge on any atom is 0.315 e. The quantitative estimate of drug-likeness (QED) is 0.744. The van der Waals surface area contributed by atoms with Crippen LogP contribution in [0, 0.1) is 0 Å². The van der Waals surface area contributed by atoms with Gasteiger partial charge >= 0.3 is 6.03 Å². The summed E-state index contributed by atoms with van der Waals surface area (Å²) in [6, 6.07) is 7.05. The standard InChI is InChI=1S/C13H17ClN6O2/c1-2-22-11-5-3-10(4-6-11)20-12(17-18-19-20)9-16-13(21)15-8-7-14/h3-6H,2,7-9H2,1H3,(H2,15,16,21). The number of tetrazole rings is 1. The molecule has 0 saturated heterocycles. The summed E-state index contributed by atoms with van der Waals surface area (Å²) < 4.78 is 6.94. The number of nitrogens with zero attached hydrogens (tertiary/aromatic N) is 4. The van der Waals surface area contributed by atoms with Gasteiger partial charge in [-0.05, 0) is 41.6 Å². The molecule has 8 nitrogen and oxygen atoms in total. The van der Waals surface area contributed by atoms with Gasteiger partial charge in [0.2, 0.25) is 0 Å². The van der Waals surface area contributed by atoms with Crippen LogP contribution in [0.1, 0.15) is 12.7 Å². The molecule has 0 radical (unpaired) electrons. The molecule has 0 aliphatic rings. The zero-order valence-electron chi connectivity index (χ0n) is 12.1. The molecule has 0 bridgehead atoms. The highest BCUT2D eigenvalue weighted by Gasteiger charge is 2.09. The maximum absolute atomic E-state index is 11.5. The molecule has 2 amide bonds. The van der Waals surface area contributed by atoms with Crippen molar-refractivity contribution in [1.82, 2.24) is 30.8 Å². The second-order valence-corrected chi connectivity index (χ2v) is 4.61. The van der Waals surface area contributed by atoms with Crippen molar-refractivity contribution in [2.24, 2.45) is 0 Å². The predicted octanol–water partition coefficient (Wildman–Crippen LogP) is 1.10. The topological polar surface area (TPSA) is 94.0 Å². The van der Waals surface area contributed by atoms with Crippen molar-refractivity contribution >= 4 is 17.6 Å². The normalized spacial score (nSPS) is 10.3. The number of amides is 2. The number of aromatic nitrogens is 4. The van der Waals surface area contributed by atoms with Crippen LogP contribution in [0.25, 0.3) is 5.69 Å². The number of halogens is 1. The summed E-state index contributed by atoms with van der Waals surface area (Å²) in [6.45, 7) is 3.14. The number of rotatable bonds is 7. The third-order valence-electron chi connectivity index (χ3n) is 2.71. The van der Waals surface area contributed by atoms with E-state index >= 15 is 0 Å². The number of hydrogen-bond donors (Lipinski definition) is 2. The summed E-state index contributed by atoms with van der Waals surface area (Å²) >= 11 is 5.50. The van der Waals surface area contributed by atoms with Gasteiger partial charge in [0.1, 0.15) is 5.75 Å². The Bertz CT molecular complexity index is 601. The van der Waals surface area contributed by atoms with Gasteiger partial charge in [0.15, 0.2) is 5.82 Å². The molecule has 118 valence electrons. The van der Waals surface area contributed by atoms with Gasteiger partial charge in [-0.1, -0.05) is 0 Å². The third-order valence-corrected chi connectivity index (χ3v) is 2.90. The fourth-order valence-corrected chi connectivity index (χ4v) is 1.84. The number of benzene rings is 1. The Labute approximate surface area is 132 Å². The second-order valence-electron chi connectivity index (χ2n) is 4.23. The number of nitrogens with one attached hydrogen (secondary N) is 2. The van der Waals surface area contributed by atoms with Crippen LogP contribution in [-0.2, 0) is 6.54 Å². The smallest absolute Gasteiger partial charge is 0.315 e. The van der Waals surface area contributed by atoms with Gasteiger partial charge in [-0.15, -0.1) is 16.7 Å². The summed E-state index contributed by atoms with van der Waals surface area (Å²) in [5, 5.41) is 16.7. The zero-order chi connectivity index (χ0) is 15.8. The highest BCUT2D eigenvalue weighted by molar-refractivity contribution is 6.18. The van der Waals surface area contributed by atoms with E-state index in [0.29, 0.717) is 24.9 Å². The van der Waals surface area contributed by atoms with E-state index in [1.807, 2.05) is 31.2 Å². The molecular formula is C13H17ClN6O2. The van der Waals surface area contributed by atoms with Crippen molar-refractivity contribution in [1.29, 1.82) is 0 Å². The molecular weight excluding hydrogens is 308 g/mol. The van der Waals surface area contributed by atoms with E-state index in [0.717, 1.165) is 11.4 Å². The van der Waals surface area contributed by atoms with Crippen molar-refractivity contribution in [3.63, 3.8) is 0 Å². The highest BCUT2D eigenvalue weighted by atomic mass is 35.5. The monoisotopic (exact) mass is 324 g/mol. The lowest BCUT2D eigenvalue weighted by Crippen LogP contribution is -2.36. The van der Waals surface area contributed by atoms with Crippen molar-refractivity contribution in [3.05, 3.63) is 30.1 Å². The molecule has 1 aromatic carbocycles. The lowest BCUT2D eigenvalue weighted by Gasteiger charge is -2.08. The zero-order valence-corrected chi connectivity index (χ0v) is 12.9. The molecule has 0 atom stereocenters. The molecule has 1 heterocycles. The van der Waals surface area contributed by atoms with Crippen molar-refractivity contribution in [2.45, 2.75) is 13.5 Å². The predicted molar refractivity (Wildman–Crippen MR) is 81.3 cm³/mol. The van der Waals surface area contributed by atoms with Crippen LogP contribution in [0.2, 0.25) is 0 Å². The number of urea groups is 1. The molecule has 0 saturated carbocycles. The minimum Gasteiger partial charge on any atom is -0.494 e. The second kappa shape index (κ2) is 8.18. The van der Waals surface area contributed by atoms with Crippen LogP contribution >= 0.6 is 11.6 Å². The minimum atomic E-state index is -0.318. The van der Waals surface area contributed by atoms with E-state index in [1.54, 1.807) is 4.68 Å². The SMILES string of the molecule is CCOc1ccc(-n2nnnc2CNC(=O)NCCCl)cc1. The van der Waals surface area contributed by atoms with Crippen LogP contribution < -0.4 is 15.4 Å². The van der Waals surface area contributed by atoms with E-state index < -0.39 is 0 Å². The Morgan fingerprint density at radius 3 is 2.77 bits per heavy atom. The van der Waals surface area contributed by atoms with Crippen LogP contribution in [0.3, 0.4) is 0 Å².